The minimum Gasteiger partial charge on any atom is -0.317 e. The highest BCUT2D eigenvalue weighted by atomic mass is 14.9. The van der Waals surface area contributed by atoms with Crippen molar-refractivity contribution in [3.05, 3.63) is 35.4 Å². The summed E-state index contributed by atoms with van der Waals surface area (Å²) in [6.07, 6.45) is 6.74. The summed E-state index contributed by atoms with van der Waals surface area (Å²) in [4.78, 5) is 0. The van der Waals surface area contributed by atoms with Gasteiger partial charge in [0, 0.05) is 6.04 Å². The molecule has 0 aliphatic heterocycles. The maximum absolute atomic E-state index is 3.47. The van der Waals surface area contributed by atoms with E-state index in [1.165, 1.54) is 43.2 Å². The molecule has 0 heterocycles. The van der Waals surface area contributed by atoms with Crippen LogP contribution in [0.15, 0.2) is 24.3 Å². The van der Waals surface area contributed by atoms with E-state index >= 15 is 0 Å². The molecule has 1 saturated carbocycles. The summed E-state index contributed by atoms with van der Waals surface area (Å²) < 4.78 is 0. The highest BCUT2D eigenvalue weighted by Gasteiger charge is 2.29. The molecule has 1 heteroatoms. The average Bonchev–Trinajstić information content (AvgIpc) is 3.19. The molecule has 1 nitrogen and oxygen atoms in total. The van der Waals surface area contributed by atoms with Gasteiger partial charge in [-0.05, 0) is 62.1 Å². The van der Waals surface area contributed by atoms with E-state index in [0.717, 1.165) is 12.0 Å². The van der Waals surface area contributed by atoms with E-state index < -0.39 is 0 Å². The van der Waals surface area contributed by atoms with Gasteiger partial charge in [0.15, 0.2) is 0 Å². The Morgan fingerprint density at radius 3 is 2.33 bits per heavy atom. The lowest BCUT2D eigenvalue weighted by Gasteiger charge is -2.15. The molecule has 1 fully saturated rings. The summed E-state index contributed by atoms with van der Waals surface area (Å²) in [6.45, 7) is 4.50. The second kappa shape index (κ2) is 6.38. The number of rotatable bonds is 7. The summed E-state index contributed by atoms with van der Waals surface area (Å²) in [6, 6.07) is 9.95. The van der Waals surface area contributed by atoms with E-state index in [1.54, 1.807) is 0 Å². The molecule has 18 heavy (non-hydrogen) atoms. The predicted octanol–water partition coefficient (Wildman–Crippen LogP) is 4.13. The largest absolute Gasteiger partial charge is 0.317 e. The zero-order valence-electron chi connectivity index (χ0n) is 12.1. The topological polar surface area (TPSA) is 12.0 Å². The van der Waals surface area contributed by atoms with Crippen molar-refractivity contribution in [2.45, 2.75) is 57.9 Å². The van der Waals surface area contributed by atoms with Gasteiger partial charge >= 0.3 is 0 Å². The highest BCUT2D eigenvalue weighted by molar-refractivity contribution is 5.24. The molecule has 0 saturated heterocycles. The molecular formula is C17H27N. The van der Waals surface area contributed by atoms with Crippen molar-refractivity contribution >= 4 is 0 Å². The van der Waals surface area contributed by atoms with Gasteiger partial charge in [-0.1, -0.05) is 38.1 Å². The van der Waals surface area contributed by atoms with Crippen LogP contribution in [0.1, 0.15) is 56.6 Å². The molecule has 0 bridgehead atoms. The molecule has 1 aliphatic rings. The lowest BCUT2D eigenvalue weighted by molar-refractivity contribution is 0.456. The van der Waals surface area contributed by atoms with Crippen LogP contribution in [0.25, 0.3) is 0 Å². The van der Waals surface area contributed by atoms with Gasteiger partial charge in [0.1, 0.15) is 0 Å². The van der Waals surface area contributed by atoms with Crippen LogP contribution in [0.2, 0.25) is 0 Å². The Morgan fingerprint density at radius 2 is 1.83 bits per heavy atom. The van der Waals surface area contributed by atoms with Crippen LogP contribution >= 0.6 is 0 Å². The number of aryl methyl sites for hydroxylation is 1. The molecule has 0 aromatic heterocycles. The molecule has 1 aromatic rings. The monoisotopic (exact) mass is 245 g/mol. The van der Waals surface area contributed by atoms with Crippen LogP contribution in [0.3, 0.4) is 0 Å². The van der Waals surface area contributed by atoms with Gasteiger partial charge in [-0.2, -0.15) is 0 Å². The van der Waals surface area contributed by atoms with Crippen molar-refractivity contribution in [1.82, 2.24) is 5.32 Å². The second-order valence-corrected chi connectivity index (χ2v) is 6.02. The summed E-state index contributed by atoms with van der Waals surface area (Å²) >= 11 is 0. The third kappa shape index (κ3) is 3.84. The van der Waals surface area contributed by atoms with Crippen molar-refractivity contribution in [2.75, 3.05) is 7.05 Å². The summed E-state index contributed by atoms with van der Waals surface area (Å²) in [7, 11) is 2.11. The van der Waals surface area contributed by atoms with Crippen LogP contribution < -0.4 is 5.32 Å². The minimum atomic E-state index is 0.641. The van der Waals surface area contributed by atoms with Crippen molar-refractivity contribution in [2.24, 2.45) is 5.92 Å². The Morgan fingerprint density at radius 1 is 1.17 bits per heavy atom. The fourth-order valence-electron chi connectivity index (χ4n) is 2.71. The van der Waals surface area contributed by atoms with Crippen LogP contribution in [-0.4, -0.2) is 13.1 Å². The summed E-state index contributed by atoms with van der Waals surface area (Å²) in [5, 5.41) is 3.47. The molecule has 1 unspecified atom stereocenters. The fourth-order valence-corrected chi connectivity index (χ4v) is 2.71. The second-order valence-electron chi connectivity index (χ2n) is 6.02. The standard InChI is InChI=1S/C17H27N/c1-13(2)15-9-7-14(8-10-15)5-4-6-17(18-3)16-11-12-16/h7-10,13,16-18H,4-6,11-12H2,1-3H3. The Hall–Kier alpha value is -0.820. The fraction of sp³-hybridized carbons (Fsp3) is 0.647. The molecule has 1 aliphatic carbocycles. The maximum Gasteiger partial charge on any atom is 0.00924 e. The quantitative estimate of drug-likeness (QED) is 0.761. The summed E-state index contributed by atoms with van der Waals surface area (Å²) in [5.41, 5.74) is 2.94. The molecule has 1 aromatic carbocycles. The third-order valence-electron chi connectivity index (χ3n) is 4.19. The Kier molecular flexibility index (Phi) is 4.82. The van der Waals surface area contributed by atoms with Gasteiger partial charge in [0.05, 0.1) is 0 Å². The zero-order chi connectivity index (χ0) is 13.0. The normalized spacial score (nSPS) is 17.1. The lowest BCUT2D eigenvalue weighted by atomic mass is 9.98. The Bertz CT molecular complexity index is 348. The van der Waals surface area contributed by atoms with E-state index in [-0.39, 0.29) is 0 Å². The van der Waals surface area contributed by atoms with Crippen LogP contribution in [0.4, 0.5) is 0 Å². The first-order valence-corrected chi connectivity index (χ1v) is 7.47. The van der Waals surface area contributed by atoms with Gasteiger partial charge in [0.2, 0.25) is 0 Å². The molecule has 100 valence electrons. The smallest absolute Gasteiger partial charge is 0.00924 e. The van der Waals surface area contributed by atoms with E-state index in [9.17, 15) is 0 Å². The van der Waals surface area contributed by atoms with E-state index in [2.05, 4.69) is 50.5 Å². The van der Waals surface area contributed by atoms with Gasteiger partial charge in [-0.25, -0.2) is 0 Å². The first-order chi connectivity index (χ1) is 8.70. The minimum absolute atomic E-state index is 0.641. The van der Waals surface area contributed by atoms with E-state index in [1.807, 2.05) is 0 Å². The molecular weight excluding hydrogens is 218 g/mol. The van der Waals surface area contributed by atoms with E-state index in [0.29, 0.717) is 5.92 Å². The van der Waals surface area contributed by atoms with Crippen LogP contribution in [0, 0.1) is 5.92 Å². The molecule has 0 amide bonds. The molecule has 1 atom stereocenters. The van der Waals surface area contributed by atoms with Crippen LogP contribution in [0.5, 0.6) is 0 Å². The maximum atomic E-state index is 3.47. The average molecular weight is 245 g/mol. The molecule has 2 rings (SSSR count). The van der Waals surface area contributed by atoms with Crippen molar-refractivity contribution < 1.29 is 0 Å². The van der Waals surface area contributed by atoms with Crippen LogP contribution in [-0.2, 0) is 6.42 Å². The van der Waals surface area contributed by atoms with Gasteiger partial charge in [-0.3, -0.25) is 0 Å². The highest BCUT2D eigenvalue weighted by Crippen LogP contribution is 2.34. The Balaban J connectivity index is 1.75. The zero-order valence-corrected chi connectivity index (χ0v) is 12.1. The number of hydrogen-bond donors (Lipinski definition) is 1. The van der Waals surface area contributed by atoms with Gasteiger partial charge in [-0.15, -0.1) is 0 Å². The first kappa shape index (κ1) is 13.6. The predicted molar refractivity (Wildman–Crippen MR) is 79.0 cm³/mol. The van der Waals surface area contributed by atoms with E-state index in [4.69, 9.17) is 0 Å². The third-order valence-corrected chi connectivity index (χ3v) is 4.19. The lowest BCUT2D eigenvalue weighted by Crippen LogP contribution is -2.27. The van der Waals surface area contributed by atoms with Gasteiger partial charge in [0.25, 0.3) is 0 Å². The Labute approximate surface area is 112 Å². The number of hydrogen-bond acceptors (Lipinski definition) is 1. The number of benzene rings is 1. The number of nitrogens with one attached hydrogen (secondary N) is 1. The molecule has 0 radical (unpaired) electrons. The molecule has 0 spiro atoms. The molecule has 1 N–H and O–H groups in total. The first-order valence-electron chi connectivity index (χ1n) is 7.47. The van der Waals surface area contributed by atoms with Gasteiger partial charge < -0.3 is 5.32 Å². The summed E-state index contributed by atoms with van der Waals surface area (Å²) in [5.74, 6) is 1.61. The SMILES string of the molecule is CNC(CCCc1ccc(C(C)C)cc1)C1CC1. The van der Waals surface area contributed by atoms with Crippen molar-refractivity contribution in [1.29, 1.82) is 0 Å². The van der Waals surface area contributed by atoms with Crippen molar-refractivity contribution in [3.63, 3.8) is 0 Å². The van der Waals surface area contributed by atoms with Crippen molar-refractivity contribution in [3.8, 4) is 0 Å².